The van der Waals surface area contributed by atoms with Crippen molar-refractivity contribution in [1.29, 1.82) is 0 Å². The summed E-state index contributed by atoms with van der Waals surface area (Å²) in [5, 5.41) is 13.6. The van der Waals surface area contributed by atoms with Gasteiger partial charge in [0.1, 0.15) is 12.7 Å². The van der Waals surface area contributed by atoms with Crippen LogP contribution in [-0.4, -0.2) is 68.2 Å². The Kier molecular flexibility index (Phi) is 4.38. The maximum Gasteiger partial charge on any atom is 0.258 e. The molecule has 2 heterocycles. The Morgan fingerprint density at radius 2 is 2.25 bits per heavy atom. The Morgan fingerprint density at radius 3 is 2.90 bits per heavy atom. The second-order valence-corrected chi connectivity index (χ2v) is 4.12. The lowest BCUT2D eigenvalue weighted by Crippen LogP contribution is -2.33. The van der Waals surface area contributed by atoms with E-state index in [9.17, 15) is 5.11 Å². The van der Waals surface area contributed by atoms with Gasteiger partial charge in [-0.05, 0) is 0 Å². The Morgan fingerprint density at radius 1 is 1.45 bits per heavy atom. The summed E-state index contributed by atoms with van der Waals surface area (Å²) >= 11 is 0. The fraction of sp³-hybridized carbons (Fsp3) is 0.500. The number of nitrogen functional groups attached to an aromatic ring is 1. The van der Waals surface area contributed by atoms with Crippen LogP contribution in [0.15, 0.2) is 12.7 Å². The molecule has 0 spiro atoms. The molecule has 0 radical (unpaired) electrons. The molecule has 0 aromatic carbocycles. The zero-order valence-corrected chi connectivity index (χ0v) is 11.2. The summed E-state index contributed by atoms with van der Waals surface area (Å²) in [7, 11) is 3.26. The molecular formula is C10H16N8O2. The summed E-state index contributed by atoms with van der Waals surface area (Å²) in [6.45, 7) is 0.523. The number of aliphatic hydroxyl groups excluding tert-OH is 1. The lowest BCUT2D eigenvalue weighted by Gasteiger charge is -2.20. The lowest BCUT2D eigenvalue weighted by atomic mass is 10.3. The van der Waals surface area contributed by atoms with E-state index in [0.717, 1.165) is 0 Å². The first-order chi connectivity index (χ1) is 9.60. The molecule has 10 nitrogen and oxygen atoms in total. The second kappa shape index (κ2) is 6.21. The van der Waals surface area contributed by atoms with Crippen molar-refractivity contribution in [3.63, 3.8) is 0 Å². The third-order valence-corrected chi connectivity index (χ3v) is 2.44. The van der Waals surface area contributed by atoms with Gasteiger partial charge in [0.2, 0.25) is 11.9 Å². The molecule has 0 aliphatic heterocycles. The molecule has 0 aliphatic rings. The highest BCUT2D eigenvalue weighted by Crippen LogP contribution is 2.10. The van der Waals surface area contributed by atoms with E-state index in [1.807, 2.05) is 0 Å². The molecule has 0 fully saturated rings. The largest absolute Gasteiger partial charge is 0.389 e. The van der Waals surface area contributed by atoms with Gasteiger partial charge in [0.25, 0.3) is 5.95 Å². The standard InChI is InChI=1S/C10H16N8O2/c1-17(3-7(19)4-20-2)9-14-8(11)15-10(16-9)18-6-12-5-13-18/h5-7,19H,3-4H2,1-2H3,(H2,11,14,15,16). The molecule has 2 aromatic heterocycles. The van der Waals surface area contributed by atoms with Crippen molar-refractivity contribution in [1.82, 2.24) is 29.7 Å². The normalized spacial score (nSPS) is 12.3. The minimum Gasteiger partial charge on any atom is -0.389 e. The third kappa shape index (κ3) is 3.36. The average molecular weight is 280 g/mol. The molecule has 3 N–H and O–H groups in total. The van der Waals surface area contributed by atoms with E-state index >= 15 is 0 Å². The Labute approximate surface area is 115 Å². The van der Waals surface area contributed by atoms with Gasteiger partial charge < -0.3 is 20.5 Å². The number of nitrogens with zero attached hydrogens (tertiary/aromatic N) is 7. The van der Waals surface area contributed by atoms with Crippen molar-refractivity contribution in [3.05, 3.63) is 12.7 Å². The van der Waals surface area contributed by atoms with Crippen LogP contribution in [0.1, 0.15) is 0 Å². The number of aromatic nitrogens is 6. The predicted octanol–water partition coefficient (Wildman–Crippen LogP) is -1.52. The van der Waals surface area contributed by atoms with Crippen LogP contribution in [-0.2, 0) is 4.74 Å². The minimum absolute atomic E-state index is 0.0635. The van der Waals surface area contributed by atoms with Crippen LogP contribution in [0.25, 0.3) is 5.95 Å². The number of anilines is 2. The maximum atomic E-state index is 9.71. The smallest absolute Gasteiger partial charge is 0.258 e. The number of methoxy groups -OCH3 is 1. The van der Waals surface area contributed by atoms with Gasteiger partial charge in [-0.2, -0.15) is 24.7 Å². The van der Waals surface area contributed by atoms with Crippen LogP contribution in [0.3, 0.4) is 0 Å². The Hall–Kier alpha value is -2.33. The summed E-state index contributed by atoms with van der Waals surface area (Å²) in [6.07, 6.45) is 2.17. The van der Waals surface area contributed by atoms with Gasteiger partial charge in [0.05, 0.1) is 12.7 Å². The topological polar surface area (TPSA) is 128 Å². The number of rotatable bonds is 6. The lowest BCUT2D eigenvalue weighted by molar-refractivity contribution is 0.0693. The number of aliphatic hydroxyl groups is 1. The van der Waals surface area contributed by atoms with Gasteiger partial charge in [-0.25, -0.2) is 4.98 Å². The van der Waals surface area contributed by atoms with Crippen LogP contribution < -0.4 is 10.6 Å². The van der Waals surface area contributed by atoms with E-state index in [0.29, 0.717) is 12.5 Å². The van der Waals surface area contributed by atoms with Crippen molar-refractivity contribution in [3.8, 4) is 5.95 Å². The van der Waals surface area contributed by atoms with Crippen molar-refractivity contribution in [2.24, 2.45) is 0 Å². The van der Waals surface area contributed by atoms with E-state index in [2.05, 4.69) is 25.0 Å². The minimum atomic E-state index is -0.655. The van der Waals surface area contributed by atoms with Crippen molar-refractivity contribution in [2.75, 3.05) is 37.9 Å². The van der Waals surface area contributed by atoms with Crippen molar-refractivity contribution >= 4 is 11.9 Å². The van der Waals surface area contributed by atoms with Crippen LogP contribution in [0.5, 0.6) is 0 Å². The summed E-state index contributed by atoms with van der Waals surface area (Å²) in [5.74, 6) is 0.657. The first-order valence-electron chi connectivity index (χ1n) is 5.85. The molecule has 20 heavy (non-hydrogen) atoms. The maximum absolute atomic E-state index is 9.71. The first kappa shape index (κ1) is 14.1. The molecule has 10 heteroatoms. The van der Waals surface area contributed by atoms with E-state index in [4.69, 9.17) is 10.5 Å². The molecule has 0 bridgehead atoms. The van der Waals surface area contributed by atoms with Crippen molar-refractivity contribution in [2.45, 2.75) is 6.10 Å². The van der Waals surface area contributed by atoms with Crippen LogP contribution in [0.4, 0.5) is 11.9 Å². The van der Waals surface area contributed by atoms with Gasteiger partial charge in [-0.3, -0.25) is 0 Å². The molecule has 0 saturated carbocycles. The highest BCUT2D eigenvalue weighted by Gasteiger charge is 2.14. The summed E-state index contributed by atoms with van der Waals surface area (Å²) in [4.78, 5) is 17.7. The molecule has 1 unspecified atom stereocenters. The molecule has 2 rings (SSSR count). The molecule has 108 valence electrons. The van der Waals surface area contributed by atoms with Gasteiger partial charge in [0, 0.05) is 20.7 Å². The van der Waals surface area contributed by atoms with E-state index in [1.54, 1.807) is 11.9 Å². The number of hydrogen-bond donors (Lipinski definition) is 2. The molecule has 1 atom stereocenters. The highest BCUT2D eigenvalue weighted by molar-refractivity contribution is 5.36. The molecular weight excluding hydrogens is 264 g/mol. The summed E-state index contributed by atoms with van der Waals surface area (Å²) < 4.78 is 6.25. The Bertz CT molecular complexity index is 546. The summed E-state index contributed by atoms with van der Waals surface area (Å²) in [5.41, 5.74) is 5.66. The predicted molar refractivity (Wildman–Crippen MR) is 70.3 cm³/mol. The van der Waals surface area contributed by atoms with Crippen molar-refractivity contribution < 1.29 is 9.84 Å². The van der Waals surface area contributed by atoms with Crippen LogP contribution >= 0.6 is 0 Å². The zero-order valence-electron chi connectivity index (χ0n) is 11.2. The number of likely N-dealkylation sites (N-methyl/N-ethyl adjacent to an activating group) is 1. The van der Waals surface area contributed by atoms with Gasteiger partial charge in [0.15, 0.2) is 0 Å². The van der Waals surface area contributed by atoms with E-state index in [-0.39, 0.29) is 18.5 Å². The quantitative estimate of drug-likeness (QED) is 0.648. The Balaban J connectivity index is 2.19. The fourth-order valence-corrected chi connectivity index (χ4v) is 1.60. The molecule has 0 aliphatic carbocycles. The highest BCUT2D eigenvalue weighted by atomic mass is 16.5. The first-order valence-corrected chi connectivity index (χ1v) is 5.85. The molecule has 2 aromatic rings. The van der Waals surface area contributed by atoms with E-state index in [1.165, 1.54) is 24.4 Å². The fourth-order valence-electron chi connectivity index (χ4n) is 1.60. The van der Waals surface area contributed by atoms with E-state index < -0.39 is 6.10 Å². The summed E-state index contributed by atoms with van der Waals surface area (Å²) in [6, 6.07) is 0. The third-order valence-electron chi connectivity index (χ3n) is 2.44. The van der Waals surface area contributed by atoms with Crippen LogP contribution in [0.2, 0.25) is 0 Å². The average Bonchev–Trinajstić information content (AvgIpc) is 2.92. The zero-order chi connectivity index (χ0) is 14.5. The monoisotopic (exact) mass is 280 g/mol. The van der Waals surface area contributed by atoms with Crippen LogP contribution in [0, 0.1) is 0 Å². The van der Waals surface area contributed by atoms with Gasteiger partial charge >= 0.3 is 0 Å². The molecule has 0 saturated heterocycles. The number of hydrogen-bond acceptors (Lipinski definition) is 9. The SMILES string of the molecule is COCC(O)CN(C)c1nc(N)nc(-n2cncn2)n1. The van der Waals surface area contributed by atoms with Gasteiger partial charge in [-0.15, -0.1) is 0 Å². The second-order valence-electron chi connectivity index (χ2n) is 4.12. The van der Waals surface area contributed by atoms with Gasteiger partial charge in [-0.1, -0.05) is 0 Å². The molecule has 0 amide bonds. The number of ether oxygens (including phenoxy) is 1. The number of nitrogens with two attached hydrogens (primary N) is 1.